The van der Waals surface area contributed by atoms with Gasteiger partial charge in [-0.05, 0) is 70.2 Å². The summed E-state index contributed by atoms with van der Waals surface area (Å²) in [6, 6.07) is 10.2. The molecular formula is C22H20BrClO5. The van der Waals surface area contributed by atoms with Crippen molar-refractivity contribution in [1.29, 1.82) is 0 Å². The zero-order valence-corrected chi connectivity index (χ0v) is 18.6. The minimum Gasteiger partial charge on any atom is -0.481 e. The number of carbonyl (C=O) groups excluding carboxylic acids is 1. The van der Waals surface area contributed by atoms with Crippen LogP contribution in [0.5, 0.6) is 5.75 Å². The molecule has 3 aromatic rings. The number of halogens is 2. The van der Waals surface area contributed by atoms with Crippen molar-refractivity contribution in [2.45, 2.75) is 33.3 Å². The van der Waals surface area contributed by atoms with Gasteiger partial charge in [-0.15, -0.1) is 0 Å². The quantitative estimate of drug-likeness (QED) is 0.332. The summed E-state index contributed by atoms with van der Waals surface area (Å²) >= 11 is 9.21. The number of ether oxygens (including phenoxy) is 2. The van der Waals surface area contributed by atoms with E-state index in [1.807, 2.05) is 19.1 Å². The normalized spacial score (nSPS) is 11.1. The zero-order valence-electron chi connectivity index (χ0n) is 16.3. The summed E-state index contributed by atoms with van der Waals surface area (Å²) in [5.74, 6) is 0.242. The first-order valence-corrected chi connectivity index (χ1v) is 10.2. The van der Waals surface area contributed by atoms with Crippen LogP contribution in [0.3, 0.4) is 0 Å². The molecule has 152 valence electrons. The molecule has 0 unspecified atom stereocenters. The lowest BCUT2D eigenvalue weighted by atomic mass is 9.95. The van der Waals surface area contributed by atoms with E-state index in [1.54, 1.807) is 18.2 Å². The molecule has 0 radical (unpaired) electrons. The summed E-state index contributed by atoms with van der Waals surface area (Å²) in [4.78, 5) is 24.0. The number of rotatable bonds is 6. The average Bonchev–Trinajstić information content (AvgIpc) is 2.64. The number of benzene rings is 2. The number of carbonyl (C=O) groups is 1. The lowest BCUT2D eigenvalue weighted by Gasteiger charge is -2.13. The van der Waals surface area contributed by atoms with Gasteiger partial charge >= 0.3 is 11.6 Å². The maximum absolute atomic E-state index is 12.1. The lowest BCUT2D eigenvalue weighted by molar-refractivity contribution is -0.147. The largest absolute Gasteiger partial charge is 0.481 e. The third kappa shape index (κ3) is 5.19. The average molecular weight is 480 g/mol. The van der Waals surface area contributed by atoms with Crippen LogP contribution in [0.25, 0.3) is 11.0 Å². The number of hydrogen-bond donors (Lipinski definition) is 0. The van der Waals surface area contributed by atoms with Gasteiger partial charge in [0.15, 0.2) is 6.61 Å². The number of fused-ring (bicyclic) bond motifs is 1. The zero-order chi connectivity index (χ0) is 21.1. The molecule has 0 aliphatic rings. The van der Waals surface area contributed by atoms with Crippen molar-refractivity contribution in [2.75, 3.05) is 6.61 Å². The van der Waals surface area contributed by atoms with Crippen LogP contribution in [0.4, 0.5) is 0 Å². The molecule has 0 saturated carbocycles. The molecule has 0 aliphatic heterocycles. The first-order chi connectivity index (χ1) is 13.7. The van der Waals surface area contributed by atoms with Crippen molar-refractivity contribution < 1.29 is 18.7 Å². The molecule has 0 N–H and O–H groups in total. The summed E-state index contributed by atoms with van der Waals surface area (Å²) < 4.78 is 16.7. The fourth-order valence-corrected chi connectivity index (χ4v) is 3.86. The molecule has 0 aliphatic carbocycles. The van der Waals surface area contributed by atoms with Crippen LogP contribution < -0.4 is 10.4 Å². The highest BCUT2D eigenvalue weighted by molar-refractivity contribution is 9.10. The van der Waals surface area contributed by atoms with Crippen molar-refractivity contribution in [1.82, 2.24) is 0 Å². The van der Waals surface area contributed by atoms with Crippen LogP contribution in [-0.2, 0) is 16.1 Å². The van der Waals surface area contributed by atoms with Gasteiger partial charge in [0.05, 0.1) is 4.47 Å². The third-order valence-corrected chi connectivity index (χ3v) is 5.32. The second-order valence-corrected chi connectivity index (χ2v) is 8.27. The van der Waals surface area contributed by atoms with Gasteiger partial charge in [-0.1, -0.05) is 25.4 Å². The highest BCUT2D eigenvalue weighted by Crippen LogP contribution is 2.29. The van der Waals surface area contributed by atoms with E-state index in [9.17, 15) is 9.59 Å². The fraction of sp³-hybridized carbons (Fsp3) is 0.273. The van der Waals surface area contributed by atoms with E-state index < -0.39 is 11.6 Å². The molecule has 2 aromatic carbocycles. The molecule has 0 atom stereocenters. The van der Waals surface area contributed by atoms with Crippen molar-refractivity contribution in [3.8, 4) is 5.75 Å². The number of esters is 1. The maximum atomic E-state index is 12.1. The van der Waals surface area contributed by atoms with E-state index in [4.69, 9.17) is 25.5 Å². The molecule has 5 nitrogen and oxygen atoms in total. The highest BCUT2D eigenvalue weighted by atomic mass is 79.9. The Kier molecular flexibility index (Phi) is 6.65. The van der Waals surface area contributed by atoms with Crippen molar-refractivity contribution in [3.63, 3.8) is 0 Å². The molecule has 0 saturated heterocycles. The Morgan fingerprint density at radius 3 is 2.66 bits per heavy atom. The Morgan fingerprint density at radius 1 is 1.21 bits per heavy atom. The van der Waals surface area contributed by atoms with Crippen molar-refractivity contribution >= 4 is 44.5 Å². The molecule has 1 heterocycles. The van der Waals surface area contributed by atoms with Crippen molar-refractivity contribution in [3.05, 3.63) is 73.0 Å². The summed E-state index contributed by atoms with van der Waals surface area (Å²) in [6.45, 7) is 5.86. The monoisotopic (exact) mass is 478 g/mol. The van der Waals surface area contributed by atoms with Crippen LogP contribution in [0.1, 0.15) is 36.5 Å². The Bertz CT molecular complexity index is 1120. The molecule has 0 bridgehead atoms. The molecule has 0 fully saturated rings. The van der Waals surface area contributed by atoms with Crippen LogP contribution in [-0.4, -0.2) is 12.6 Å². The van der Waals surface area contributed by atoms with Gasteiger partial charge in [0.25, 0.3) is 0 Å². The Hall–Kier alpha value is -2.31. The van der Waals surface area contributed by atoms with Gasteiger partial charge in [0.1, 0.15) is 17.9 Å². The smallest absolute Gasteiger partial charge is 0.344 e. The van der Waals surface area contributed by atoms with Crippen molar-refractivity contribution in [2.24, 2.45) is 0 Å². The van der Waals surface area contributed by atoms with Crippen LogP contribution in [0, 0.1) is 6.92 Å². The van der Waals surface area contributed by atoms with Gasteiger partial charge in [0.2, 0.25) is 0 Å². The SMILES string of the molecule is Cc1cc2oc(=O)cc(COC(=O)COc3ccc(Cl)cc3Br)c2cc1C(C)C. The van der Waals surface area contributed by atoms with Gasteiger partial charge in [-0.25, -0.2) is 9.59 Å². The number of aryl methyl sites for hydroxylation is 1. The fourth-order valence-electron chi connectivity index (χ4n) is 3.06. The summed E-state index contributed by atoms with van der Waals surface area (Å²) in [6.07, 6.45) is 0. The molecule has 0 spiro atoms. The van der Waals surface area contributed by atoms with E-state index in [0.29, 0.717) is 32.3 Å². The van der Waals surface area contributed by atoms with Gasteiger partial charge < -0.3 is 13.9 Å². The van der Waals surface area contributed by atoms with E-state index in [1.165, 1.54) is 6.07 Å². The molecule has 29 heavy (non-hydrogen) atoms. The minimum atomic E-state index is -0.551. The highest BCUT2D eigenvalue weighted by Gasteiger charge is 2.13. The second kappa shape index (κ2) is 9.01. The molecule has 0 amide bonds. The minimum absolute atomic E-state index is 0.0489. The summed E-state index contributed by atoms with van der Waals surface area (Å²) in [5.41, 5.74) is 2.79. The Balaban J connectivity index is 1.74. The topological polar surface area (TPSA) is 65.7 Å². The predicted octanol–water partition coefficient (Wildman–Crippen LogP) is 5.76. The second-order valence-electron chi connectivity index (χ2n) is 6.97. The van der Waals surface area contributed by atoms with Crippen LogP contribution in [0.15, 0.2) is 50.1 Å². The number of hydrogen-bond acceptors (Lipinski definition) is 5. The van der Waals surface area contributed by atoms with E-state index in [-0.39, 0.29) is 13.2 Å². The molecule has 7 heteroatoms. The summed E-state index contributed by atoms with van der Waals surface area (Å²) in [5, 5.41) is 1.31. The third-order valence-electron chi connectivity index (χ3n) is 4.47. The first-order valence-electron chi connectivity index (χ1n) is 9.05. The van der Waals surface area contributed by atoms with E-state index in [2.05, 4.69) is 29.8 Å². The van der Waals surface area contributed by atoms with Gasteiger partial charge in [-0.3, -0.25) is 0 Å². The molecule has 1 aromatic heterocycles. The van der Waals surface area contributed by atoms with E-state index in [0.717, 1.165) is 16.5 Å². The lowest BCUT2D eigenvalue weighted by Crippen LogP contribution is -2.15. The standard InChI is InChI=1S/C22H20BrClO5/c1-12(2)16-9-17-14(7-21(25)29-20(17)6-13(16)3)10-28-22(26)11-27-19-5-4-15(24)8-18(19)23/h4-9,12H,10-11H2,1-3H3. The molecular weight excluding hydrogens is 460 g/mol. The Labute approximate surface area is 181 Å². The Morgan fingerprint density at radius 2 is 1.97 bits per heavy atom. The summed E-state index contributed by atoms with van der Waals surface area (Å²) in [7, 11) is 0. The van der Waals surface area contributed by atoms with Crippen LogP contribution in [0.2, 0.25) is 5.02 Å². The first kappa shape index (κ1) is 21.4. The van der Waals surface area contributed by atoms with Gasteiger partial charge in [0, 0.05) is 22.0 Å². The van der Waals surface area contributed by atoms with Gasteiger partial charge in [-0.2, -0.15) is 0 Å². The maximum Gasteiger partial charge on any atom is 0.344 e. The van der Waals surface area contributed by atoms with E-state index >= 15 is 0 Å². The predicted molar refractivity (Wildman–Crippen MR) is 116 cm³/mol. The molecule has 3 rings (SSSR count). The van der Waals surface area contributed by atoms with Crippen LogP contribution >= 0.6 is 27.5 Å².